The smallest absolute Gasteiger partial charge is 0.308 e. The van der Waals surface area contributed by atoms with Crippen LogP contribution in [-0.4, -0.2) is 18.2 Å². The van der Waals surface area contributed by atoms with Crippen LogP contribution in [0.1, 0.15) is 29.2 Å². The molecule has 35 heavy (non-hydrogen) atoms. The average Bonchev–Trinajstić information content (AvgIpc) is 2.91. The summed E-state index contributed by atoms with van der Waals surface area (Å²) in [5, 5.41) is 10.4. The lowest BCUT2D eigenvalue weighted by Gasteiger charge is -2.37. The molecule has 1 N–H and O–H groups in total. The Morgan fingerprint density at radius 2 is 1.31 bits per heavy atom. The van der Waals surface area contributed by atoms with Crippen molar-refractivity contribution in [2.24, 2.45) is 5.92 Å². The summed E-state index contributed by atoms with van der Waals surface area (Å²) in [7, 11) is 1.60. The SMILES string of the molecule is COc1cc(CC(C(=O)O)C(C)(c2ccccc2)c2ccccc2)ccc1OCc1ccccc1. The predicted molar refractivity (Wildman–Crippen MR) is 138 cm³/mol. The molecule has 1 unspecified atom stereocenters. The van der Waals surface area contributed by atoms with Gasteiger partial charge in [-0.3, -0.25) is 4.79 Å². The fourth-order valence-corrected chi connectivity index (χ4v) is 4.61. The molecule has 0 spiro atoms. The Balaban J connectivity index is 1.66. The fraction of sp³-hybridized carbons (Fsp3) is 0.194. The van der Waals surface area contributed by atoms with Crippen LogP contribution in [0.4, 0.5) is 0 Å². The first-order valence-corrected chi connectivity index (χ1v) is 11.7. The molecule has 0 radical (unpaired) electrons. The Labute approximate surface area is 206 Å². The Hall–Kier alpha value is -4.05. The molecule has 4 aromatic rings. The van der Waals surface area contributed by atoms with Gasteiger partial charge < -0.3 is 14.6 Å². The van der Waals surface area contributed by atoms with Gasteiger partial charge in [-0.2, -0.15) is 0 Å². The highest BCUT2D eigenvalue weighted by molar-refractivity contribution is 5.74. The minimum absolute atomic E-state index is 0.338. The Kier molecular flexibility index (Phi) is 7.51. The van der Waals surface area contributed by atoms with E-state index in [0.29, 0.717) is 24.5 Å². The van der Waals surface area contributed by atoms with E-state index in [-0.39, 0.29) is 0 Å². The zero-order valence-electron chi connectivity index (χ0n) is 20.1. The molecular weight excluding hydrogens is 436 g/mol. The molecule has 0 saturated carbocycles. The van der Waals surface area contributed by atoms with Crippen LogP contribution in [0.2, 0.25) is 0 Å². The van der Waals surface area contributed by atoms with E-state index < -0.39 is 17.3 Å². The number of hydrogen-bond donors (Lipinski definition) is 1. The fourth-order valence-electron chi connectivity index (χ4n) is 4.61. The van der Waals surface area contributed by atoms with Crippen molar-refractivity contribution in [3.8, 4) is 11.5 Å². The number of ether oxygens (including phenoxy) is 2. The first-order valence-electron chi connectivity index (χ1n) is 11.7. The number of carbonyl (C=O) groups is 1. The normalized spacial score (nSPS) is 12.1. The zero-order chi connectivity index (χ0) is 24.7. The Bertz CT molecular complexity index is 1200. The summed E-state index contributed by atoms with van der Waals surface area (Å²) in [6.07, 6.45) is 0.338. The average molecular weight is 467 g/mol. The second-order valence-electron chi connectivity index (χ2n) is 8.79. The molecule has 4 heteroatoms. The van der Waals surface area contributed by atoms with Crippen molar-refractivity contribution in [3.05, 3.63) is 131 Å². The third kappa shape index (κ3) is 5.38. The van der Waals surface area contributed by atoms with Crippen molar-refractivity contribution in [2.45, 2.75) is 25.4 Å². The second kappa shape index (κ2) is 10.9. The third-order valence-electron chi connectivity index (χ3n) is 6.65. The first kappa shape index (κ1) is 24.1. The van der Waals surface area contributed by atoms with Gasteiger partial charge in [0.05, 0.1) is 13.0 Å². The van der Waals surface area contributed by atoms with E-state index in [1.807, 2.05) is 116 Å². The highest BCUT2D eigenvalue weighted by Crippen LogP contribution is 2.41. The van der Waals surface area contributed by atoms with Crippen molar-refractivity contribution in [3.63, 3.8) is 0 Å². The highest BCUT2D eigenvalue weighted by atomic mass is 16.5. The van der Waals surface area contributed by atoms with Crippen LogP contribution in [0, 0.1) is 5.92 Å². The maximum Gasteiger partial charge on any atom is 0.308 e. The molecule has 0 heterocycles. The van der Waals surface area contributed by atoms with Gasteiger partial charge in [0.1, 0.15) is 6.61 Å². The molecule has 0 amide bonds. The lowest BCUT2D eigenvalue weighted by atomic mass is 9.65. The maximum atomic E-state index is 12.7. The third-order valence-corrected chi connectivity index (χ3v) is 6.65. The van der Waals surface area contributed by atoms with E-state index >= 15 is 0 Å². The summed E-state index contributed by atoms with van der Waals surface area (Å²) in [5.41, 5.74) is 3.14. The van der Waals surface area contributed by atoms with Crippen LogP contribution < -0.4 is 9.47 Å². The van der Waals surface area contributed by atoms with Gasteiger partial charge in [0.2, 0.25) is 0 Å². The van der Waals surface area contributed by atoms with Gasteiger partial charge >= 0.3 is 5.97 Å². The standard InChI is InChI=1S/C31H30O4/c1-31(25-14-8-4-9-15-25,26-16-10-5-11-17-26)27(30(32)33)20-24-18-19-28(29(21-24)34-2)35-22-23-12-6-3-7-13-23/h3-19,21,27H,20,22H2,1-2H3,(H,32,33). The molecule has 4 nitrogen and oxygen atoms in total. The lowest BCUT2D eigenvalue weighted by Crippen LogP contribution is -2.40. The van der Waals surface area contributed by atoms with Crippen molar-refractivity contribution in [2.75, 3.05) is 7.11 Å². The quantitative estimate of drug-likeness (QED) is 0.289. The van der Waals surface area contributed by atoms with E-state index in [9.17, 15) is 9.90 Å². The van der Waals surface area contributed by atoms with E-state index in [0.717, 1.165) is 22.3 Å². The van der Waals surface area contributed by atoms with Crippen LogP contribution in [-0.2, 0) is 23.2 Å². The summed E-state index contributed by atoms with van der Waals surface area (Å²) in [5.74, 6) is -0.332. The number of benzene rings is 4. The van der Waals surface area contributed by atoms with Gasteiger partial charge in [-0.25, -0.2) is 0 Å². The summed E-state index contributed by atoms with van der Waals surface area (Å²) < 4.78 is 11.6. The zero-order valence-corrected chi connectivity index (χ0v) is 20.1. The van der Waals surface area contributed by atoms with Crippen LogP contribution in [0.25, 0.3) is 0 Å². The van der Waals surface area contributed by atoms with Crippen LogP contribution in [0.15, 0.2) is 109 Å². The lowest BCUT2D eigenvalue weighted by molar-refractivity contribution is -0.143. The van der Waals surface area contributed by atoms with E-state index in [2.05, 4.69) is 0 Å². The van der Waals surface area contributed by atoms with Gasteiger partial charge in [-0.15, -0.1) is 0 Å². The van der Waals surface area contributed by atoms with Crippen LogP contribution in [0.5, 0.6) is 11.5 Å². The molecule has 1 atom stereocenters. The molecule has 0 saturated heterocycles. The van der Waals surface area contributed by atoms with Gasteiger partial charge in [0, 0.05) is 5.41 Å². The number of carboxylic acids is 1. The number of aliphatic carboxylic acids is 1. The van der Waals surface area contributed by atoms with Gasteiger partial charge in [-0.05, 0) is 40.8 Å². The minimum Gasteiger partial charge on any atom is -0.493 e. The topological polar surface area (TPSA) is 55.8 Å². The summed E-state index contributed by atoms with van der Waals surface area (Å²) in [6.45, 7) is 2.44. The Morgan fingerprint density at radius 1 is 0.771 bits per heavy atom. The first-order chi connectivity index (χ1) is 17.0. The molecular formula is C31H30O4. The largest absolute Gasteiger partial charge is 0.493 e. The van der Waals surface area contributed by atoms with E-state index in [1.165, 1.54) is 0 Å². The molecule has 0 aliphatic heterocycles. The van der Waals surface area contributed by atoms with Crippen molar-refractivity contribution in [1.29, 1.82) is 0 Å². The van der Waals surface area contributed by atoms with E-state index in [4.69, 9.17) is 9.47 Å². The molecule has 4 rings (SSSR count). The number of hydrogen-bond acceptors (Lipinski definition) is 3. The molecule has 0 aromatic heterocycles. The van der Waals surface area contributed by atoms with Gasteiger partial charge in [0.15, 0.2) is 11.5 Å². The van der Waals surface area contributed by atoms with Gasteiger partial charge in [-0.1, -0.05) is 104 Å². The molecule has 0 bridgehead atoms. The maximum absolute atomic E-state index is 12.7. The molecule has 178 valence electrons. The van der Waals surface area contributed by atoms with Gasteiger partial charge in [0.25, 0.3) is 0 Å². The molecule has 0 fully saturated rings. The molecule has 4 aromatic carbocycles. The summed E-state index contributed by atoms with van der Waals surface area (Å²) >= 11 is 0. The van der Waals surface area contributed by atoms with Crippen molar-refractivity contribution < 1.29 is 19.4 Å². The monoisotopic (exact) mass is 466 g/mol. The molecule has 0 aliphatic carbocycles. The predicted octanol–water partition coefficient (Wildman–Crippen LogP) is 6.52. The minimum atomic E-state index is -0.844. The number of carboxylic acid groups (broad SMARTS) is 1. The highest BCUT2D eigenvalue weighted by Gasteiger charge is 2.42. The molecule has 0 aliphatic rings. The van der Waals surface area contributed by atoms with E-state index in [1.54, 1.807) is 7.11 Å². The summed E-state index contributed by atoms with van der Waals surface area (Å²) in [6, 6.07) is 35.3. The van der Waals surface area contributed by atoms with Crippen LogP contribution >= 0.6 is 0 Å². The second-order valence-corrected chi connectivity index (χ2v) is 8.79. The Morgan fingerprint density at radius 3 is 1.83 bits per heavy atom. The van der Waals surface area contributed by atoms with Crippen LogP contribution in [0.3, 0.4) is 0 Å². The number of rotatable bonds is 10. The summed E-state index contributed by atoms with van der Waals surface area (Å²) in [4.78, 5) is 12.7. The van der Waals surface area contributed by atoms with Crippen molar-refractivity contribution >= 4 is 5.97 Å². The number of methoxy groups -OCH3 is 1. The van der Waals surface area contributed by atoms with Crippen molar-refractivity contribution in [1.82, 2.24) is 0 Å².